The summed E-state index contributed by atoms with van der Waals surface area (Å²) in [5.74, 6) is 0.665. The highest BCUT2D eigenvalue weighted by molar-refractivity contribution is 5.87. The third-order valence-electron chi connectivity index (χ3n) is 2.42. The molecular formula is C13H24O2. The van der Waals surface area contributed by atoms with E-state index in [4.69, 9.17) is 4.74 Å². The molecule has 88 valence electrons. The summed E-state index contributed by atoms with van der Waals surface area (Å²) < 4.78 is 5.44. The normalized spacial score (nSPS) is 13.0. The van der Waals surface area contributed by atoms with Gasteiger partial charge in [0.2, 0.25) is 0 Å². The molecule has 1 unspecified atom stereocenters. The van der Waals surface area contributed by atoms with E-state index in [-0.39, 0.29) is 12.1 Å². The van der Waals surface area contributed by atoms with E-state index in [0.717, 1.165) is 6.42 Å². The molecule has 0 bridgehead atoms. The van der Waals surface area contributed by atoms with Crippen LogP contribution < -0.4 is 0 Å². The van der Waals surface area contributed by atoms with Gasteiger partial charge in [0.15, 0.2) is 0 Å². The van der Waals surface area contributed by atoms with Gasteiger partial charge < -0.3 is 4.74 Å². The van der Waals surface area contributed by atoms with Gasteiger partial charge in [0.05, 0.1) is 0 Å². The van der Waals surface area contributed by atoms with E-state index in [1.165, 1.54) is 0 Å². The molecule has 0 aliphatic rings. The average molecular weight is 212 g/mol. The first kappa shape index (κ1) is 14.2. The molecule has 0 aromatic rings. The lowest BCUT2D eigenvalue weighted by molar-refractivity contribution is -0.147. The van der Waals surface area contributed by atoms with Gasteiger partial charge in [-0.2, -0.15) is 0 Å². The molecule has 0 N–H and O–H groups in total. The van der Waals surface area contributed by atoms with Gasteiger partial charge in [0, 0.05) is 5.57 Å². The second kappa shape index (κ2) is 6.65. The fraction of sp³-hybridized carbons (Fsp3) is 0.769. The summed E-state index contributed by atoms with van der Waals surface area (Å²) in [6.07, 6.45) is 1.59. The van der Waals surface area contributed by atoms with Gasteiger partial charge in [-0.25, -0.2) is 4.79 Å². The van der Waals surface area contributed by atoms with E-state index >= 15 is 0 Å². The van der Waals surface area contributed by atoms with E-state index in [0.29, 0.717) is 23.8 Å². The minimum absolute atomic E-state index is 0.0146. The van der Waals surface area contributed by atoms with E-state index in [9.17, 15) is 4.79 Å². The summed E-state index contributed by atoms with van der Waals surface area (Å²) in [7, 11) is 0. The molecule has 0 aliphatic heterocycles. The topological polar surface area (TPSA) is 26.3 Å². The van der Waals surface area contributed by atoms with Gasteiger partial charge in [-0.05, 0) is 24.7 Å². The molecule has 2 heteroatoms. The molecular weight excluding hydrogens is 188 g/mol. The number of hydrogen-bond donors (Lipinski definition) is 0. The molecule has 0 radical (unpaired) electrons. The molecule has 0 aromatic heterocycles. The van der Waals surface area contributed by atoms with Gasteiger partial charge in [-0.3, -0.25) is 0 Å². The quantitative estimate of drug-likeness (QED) is 0.497. The first-order valence-electron chi connectivity index (χ1n) is 5.77. The predicted molar refractivity (Wildman–Crippen MR) is 63.6 cm³/mol. The summed E-state index contributed by atoms with van der Waals surface area (Å²) >= 11 is 0. The lowest BCUT2D eigenvalue weighted by Gasteiger charge is -2.23. The molecule has 0 amide bonds. The average Bonchev–Trinajstić information content (AvgIpc) is 2.14. The molecule has 0 rings (SSSR count). The van der Waals surface area contributed by atoms with Crippen molar-refractivity contribution in [3.8, 4) is 0 Å². The summed E-state index contributed by atoms with van der Waals surface area (Å²) in [5.41, 5.74) is 0.560. The van der Waals surface area contributed by atoms with Gasteiger partial charge in [-0.15, -0.1) is 0 Å². The molecule has 15 heavy (non-hydrogen) atoms. The van der Waals surface area contributed by atoms with Crippen LogP contribution in [0.15, 0.2) is 12.2 Å². The maximum atomic E-state index is 11.5. The van der Waals surface area contributed by atoms with Gasteiger partial charge in [0.25, 0.3) is 0 Å². The van der Waals surface area contributed by atoms with Crippen molar-refractivity contribution in [3.63, 3.8) is 0 Å². The van der Waals surface area contributed by atoms with Crippen molar-refractivity contribution in [2.24, 2.45) is 11.8 Å². The van der Waals surface area contributed by atoms with Crippen molar-refractivity contribution < 1.29 is 9.53 Å². The van der Waals surface area contributed by atoms with Crippen LogP contribution >= 0.6 is 0 Å². The lowest BCUT2D eigenvalue weighted by atomic mass is 9.97. The van der Waals surface area contributed by atoms with Crippen LogP contribution in [-0.2, 0) is 9.53 Å². The Labute approximate surface area is 93.7 Å². The monoisotopic (exact) mass is 212 g/mol. The number of rotatable bonds is 6. The third kappa shape index (κ3) is 5.60. The summed E-state index contributed by atoms with van der Waals surface area (Å²) in [5, 5.41) is 0. The molecule has 0 aromatic carbocycles. The Morgan fingerprint density at radius 3 is 2.13 bits per heavy atom. The Balaban J connectivity index is 4.28. The van der Waals surface area contributed by atoms with Crippen molar-refractivity contribution in [1.29, 1.82) is 0 Å². The van der Waals surface area contributed by atoms with E-state index in [1.807, 2.05) is 6.92 Å². The number of esters is 1. The summed E-state index contributed by atoms with van der Waals surface area (Å²) in [6.45, 7) is 14.0. The number of carbonyl (C=O) groups is 1. The first-order chi connectivity index (χ1) is 6.88. The molecule has 0 saturated heterocycles. The highest BCUT2D eigenvalue weighted by atomic mass is 16.5. The number of carbonyl (C=O) groups excluding carboxylic acids is 1. The van der Waals surface area contributed by atoms with Crippen LogP contribution in [0.2, 0.25) is 0 Å². The smallest absolute Gasteiger partial charge is 0.333 e. The minimum Gasteiger partial charge on any atom is -0.459 e. The Kier molecular flexibility index (Phi) is 6.30. The van der Waals surface area contributed by atoms with Crippen molar-refractivity contribution in [1.82, 2.24) is 0 Å². The fourth-order valence-corrected chi connectivity index (χ4v) is 1.29. The van der Waals surface area contributed by atoms with Gasteiger partial charge in [-0.1, -0.05) is 41.2 Å². The van der Waals surface area contributed by atoms with Crippen LogP contribution in [0.1, 0.15) is 47.5 Å². The molecule has 0 spiro atoms. The van der Waals surface area contributed by atoms with Gasteiger partial charge in [0.1, 0.15) is 6.10 Å². The number of ether oxygens (including phenoxy) is 1. The molecule has 0 aliphatic carbocycles. The molecule has 1 atom stereocenters. The van der Waals surface area contributed by atoms with Crippen LogP contribution in [-0.4, -0.2) is 12.1 Å². The van der Waals surface area contributed by atoms with Crippen molar-refractivity contribution in [2.75, 3.05) is 0 Å². The summed E-state index contributed by atoms with van der Waals surface area (Å²) in [4.78, 5) is 11.5. The Morgan fingerprint density at radius 1 is 1.27 bits per heavy atom. The molecule has 0 fully saturated rings. The van der Waals surface area contributed by atoms with E-state index < -0.39 is 0 Å². The zero-order valence-electron chi connectivity index (χ0n) is 10.7. The molecule has 2 nitrogen and oxygen atoms in total. The Bertz CT molecular complexity index is 217. The SMILES string of the molecule is C=C(CC)C(=O)OC(CC(C)C)C(C)C. The molecule has 0 saturated carbocycles. The van der Waals surface area contributed by atoms with Crippen LogP contribution in [0.3, 0.4) is 0 Å². The zero-order chi connectivity index (χ0) is 12.0. The van der Waals surface area contributed by atoms with Gasteiger partial charge >= 0.3 is 5.97 Å². The maximum absolute atomic E-state index is 11.5. The number of hydrogen-bond acceptors (Lipinski definition) is 2. The molecule has 0 heterocycles. The second-order valence-electron chi connectivity index (χ2n) is 4.77. The van der Waals surface area contributed by atoms with Crippen molar-refractivity contribution in [2.45, 2.75) is 53.6 Å². The van der Waals surface area contributed by atoms with Crippen LogP contribution in [0, 0.1) is 11.8 Å². The first-order valence-corrected chi connectivity index (χ1v) is 5.77. The second-order valence-corrected chi connectivity index (χ2v) is 4.77. The maximum Gasteiger partial charge on any atom is 0.333 e. The fourth-order valence-electron chi connectivity index (χ4n) is 1.29. The third-order valence-corrected chi connectivity index (χ3v) is 2.42. The van der Waals surface area contributed by atoms with Crippen LogP contribution in [0.5, 0.6) is 0 Å². The standard InChI is InChI=1S/C13H24O2/c1-7-11(6)13(14)15-12(10(4)5)8-9(2)3/h9-10,12H,6-8H2,1-5H3. The Morgan fingerprint density at radius 2 is 1.80 bits per heavy atom. The predicted octanol–water partition coefficient (Wildman–Crippen LogP) is 3.57. The zero-order valence-corrected chi connectivity index (χ0v) is 10.7. The van der Waals surface area contributed by atoms with Crippen molar-refractivity contribution >= 4 is 5.97 Å². The lowest BCUT2D eigenvalue weighted by Crippen LogP contribution is -2.25. The van der Waals surface area contributed by atoms with Crippen LogP contribution in [0.4, 0.5) is 0 Å². The van der Waals surface area contributed by atoms with E-state index in [1.54, 1.807) is 0 Å². The minimum atomic E-state index is -0.239. The van der Waals surface area contributed by atoms with E-state index in [2.05, 4.69) is 34.3 Å². The van der Waals surface area contributed by atoms with Crippen molar-refractivity contribution in [3.05, 3.63) is 12.2 Å². The highest BCUT2D eigenvalue weighted by Crippen LogP contribution is 2.18. The summed E-state index contributed by atoms with van der Waals surface area (Å²) in [6, 6.07) is 0. The van der Waals surface area contributed by atoms with Crippen LogP contribution in [0.25, 0.3) is 0 Å². The largest absolute Gasteiger partial charge is 0.459 e. The highest BCUT2D eigenvalue weighted by Gasteiger charge is 2.20. The Hall–Kier alpha value is -0.790.